The Kier molecular flexibility index (Phi) is 7.55. The van der Waals surface area contributed by atoms with Gasteiger partial charge in [0, 0.05) is 43.4 Å². The predicted octanol–water partition coefficient (Wildman–Crippen LogP) is 3.77. The van der Waals surface area contributed by atoms with E-state index in [4.69, 9.17) is 4.74 Å². The van der Waals surface area contributed by atoms with Crippen molar-refractivity contribution < 1.29 is 14.3 Å². The van der Waals surface area contributed by atoms with Gasteiger partial charge in [0.25, 0.3) is 5.91 Å². The van der Waals surface area contributed by atoms with Crippen LogP contribution in [0.15, 0.2) is 61.4 Å². The average Bonchev–Trinajstić information content (AvgIpc) is 2.88. The van der Waals surface area contributed by atoms with Crippen molar-refractivity contribution in [3.05, 3.63) is 67.0 Å². The van der Waals surface area contributed by atoms with Gasteiger partial charge in [0.15, 0.2) is 5.60 Å². The summed E-state index contributed by atoms with van der Waals surface area (Å²) in [6.07, 6.45) is 10.9. The Morgan fingerprint density at radius 3 is 2.76 bits per heavy atom. The molecule has 2 fully saturated rings. The number of pyridine rings is 1. The maximum Gasteiger partial charge on any atom is 0.254 e. The molecule has 2 aromatic rings. The molecular weight excluding hydrogens is 414 g/mol. The van der Waals surface area contributed by atoms with Crippen LogP contribution in [0, 0.1) is 5.92 Å². The quantitative estimate of drug-likeness (QED) is 0.656. The molecule has 2 amide bonds. The molecule has 2 aliphatic rings. The number of carbonyl (C=O) groups is 2. The minimum atomic E-state index is -1.15. The van der Waals surface area contributed by atoms with E-state index in [0.29, 0.717) is 26.1 Å². The van der Waals surface area contributed by atoms with Crippen molar-refractivity contribution in [2.75, 3.05) is 26.2 Å². The Labute approximate surface area is 196 Å². The summed E-state index contributed by atoms with van der Waals surface area (Å²) in [5, 5.41) is 2.93. The van der Waals surface area contributed by atoms with Crippen LogP contribution in [0.3, 0.4) is 0 Å². The van der Waals surface area contributed by atoms with Crippen molar-refractivity contribution in [1.82, 2.24) is 15.2 Å². The smallest absolute Gasteiger partial charge is 0.254 e. The van der Waals surface area contributed by atoms with Gasteiger partial charge in [-0.1, -0.05) is 55.7 Å². The van der Waals surface area contributed by atoms with Crippen molar-refractivity contribution in [3.63, 3.8) is 0 Å². The van der Waals surface area contributed by atoms with Gasteiger partial charge in [0.05, 0.1) is 13.2 Å². The van der Waals surface area contributed by atoms with Crippen molar-refractivity contribution in [2.45, 2.75) is 44.1 Å². The first-order valence-electron chi connectivity index (χ1n) is 11.9. The van der Waals surface area contributed by atoms with Gasteiger partial charge in [-0.3, -0.25) is 14.6 Å². The molecule has 33 heavy (non-hydrogen) atoms. The minimum absolute atomic E-state index is 0.0634. The van der Waals surface area contributed by atoms with Crippen molar-refractivity contribution >= 4 is 11.8 Å². The second-order valence-electron chi connectivity index (χ2n) is 9.01. The van der Waals surface area contributed by atoms with E-state index in [1.165, 1.54) is 6.42 Å². The predicted molar refractivity (Wildman–Crippen MR) is 128 cm³/mol. The van der Waals surface area contributed by atoms with E-state index in [-0.39, 0.29) is 24.3 Å². The van der Waals surface area contributed by atoms with Crippen LogP contribution < -0.4 is 5.32 Å². The number of ether oxygens (including phenoxy) is 1. The number of morpholine rings is 1. The van der Waals surface area contributed by atoms with E-state index in [1.54, 1.807) is 12.3 Å². The van der Waals surface area contributed by atoms with E-state index in [1.807, 2.05) is 47.5 Å². The van der Waals surface area contributed by atoms with Gasteiger partial charge < -0.3 is 15.0 Å². The topological polar surface area (TPSA) is 71.5 Å². The second-order valence-corrected chi connectivity index (χ2v) is 9.01. The van der Waals surface area contributed by atoms with Gasteiger partial charge in [-0.15, -0.1) is 6.58 Å². The molecule has 1 aliphatic carbocycles. The maximum absolute atomic E-state index is 13.4. The number of aromatic nitrogens is 1. The van der Waals surface area contributed by atoms with E-state index in [2.05, 4.69) is 16.9 Å². The molecule has 6 nitrogen and oxygen atoms in total. The fraction of sp³-hybridized carbons (Fsp3) is 0.444. The van der Waals surface area contributed by atoms with Crippen LogP contribution in [0.2, 0.25) is 0 Å². The summed E-state index contributed by atoms with van der Waals surface area (Å²) >= 11 is 0. The average molecular weight is 448 g/mol. The highest BCUT2D eigenvalue weighted by atomic mass is 16.5. The van der Waals surface area contributed by atoms with Crippen molar-refractivity contribution in [3.8, 4) is 11.1 Å². The Bertz CT molecular complexity index is 972. The molecule has 1 N–H and O–H groups in total. The third kappa shape index (κ3) is 5.33. The fourth-order valence-electron chi connectivity index (χ4n) is 5.02. The number of hydrogen-bond donors (Lipinski definition) is 1. The zero-order valence-electron chi connectivity index (χ0n) is 19.2. The van der Waals surface area contributed by atoms with E-state index in [0.717, 1.165) is 42.4 Å². The molecule has 1 aromatic carbocycles. The number of hydrogen-bond acceptors (Lipinski definition) is 4. The zero-order chi connectivity index (χ0) is 23.1. The number of benzene rings is 1. The lowest BCUT2D eigenvalue weighted by molar-refractivity contribution is -0.168. The second kappa shape index (κ2) is 10.8. The Hall–Kier alpha value is -2.99. The Balaban J connectivity index is 1.64. The fourth-order valence-corrected chi connectivity index (χ4v) is 5.02. The zero-order valence-corrected chi connectivity index (χ0v) is 19.2. The molecule has 0 spiro atoms. The highest BCUT2D eigenvalue weighted by Crippen LogP contribution is 2.32. The highest BCUT2D eigenvalue weighted by Gasteiger charge is 2.46. The first-order valence-corrected chi connectivity index (χ1v) is 11.9. The van der Waals surface area contributed by atoms with Gasteiger partial charge in [-0.25, -0.2) is 0 Å². The normalized spacial score (nSPS) is 21.4. The van der Waals surface area contributed by atoms with Crippen LogP contribution in [0.5, 0.6) is 0 Å². The Morgan fingerprint density at radius 1 is 1.18 bits per heavy atom. The number of carbonyl (C=O) groups excluding carboxylic acids is 2. The van der Waals surface area contributed by atoms with Gasteiger partial charge in [-0.2, -0.15) is 0 Å². The number of nitrogens with zero attached hydrogens (tertiary/aromatic N) is 2. The van der Waals surface area contributed by atoms with E-state index in [9.17, 15) is 9.59 Å². The highest BCUT2D eigenvalue weighted by molar-refractivity contribution is 5.88. The van der Waals surface area contributed by atoms with Crippen LogP contribution in [0.1, 0.15) is 37.7 Å². The summed E-state index contributed by atoms with van der Waals surface area (Å²) in [6.45, 7) is 5.19. The van der Waals surface area contributed by atoms with Crippen LogP contribution >= 0.6 is 0 Å². The van der Waals surface area contributed by atoms with Crippen LogP contribution in [-0.2, 0) is 20.7 Å². The summed E-state index contributed by atoms with van der Waals surface area (Å²) in [5.41, 5.74) is 1.84. The monoisotopic (exact) mass is 447 g/mol. The molecule has 1 saturated heterocycles. The third-order valence-electron chi connectivity index (χ3n) is 6.74. The van der Waals surface area contributed by atoms with Gasteiger partial charge in [0.1, 0.15) is 0 Å². The summed E-state index contributed by atoms with van der Waals surface area (Å²) < 4.78 is 6.23. The van der Waals surface area contributed by atoms with E-state index >= 15 is 0 Å². The molecule has 1 aromatic heterocycles. The van der Waals surface area contributed by atoms with Crippen molar-refractivity contribution in [2.24, 2.45) is 5.92 Å². The molecule has 174 valence electrons. The number of nitrogens with one attached hydrogen (secondary N) is 1. The molecule has 0 bridgehead atoms. The lowest BCUT2D eigenvalue weighted by Gasteiger charge is -2.43. The number of amides is 2. The first kappa shape index (κ1) is 23.2. The first-order chi connectivity index (χ1) is 16.1. The molecule has 0 radical (unpaired) electrons. The molecule has 2 heterocycles. The summed E-state index contributed by atoms with van der Waals surface area (Å²) in [5.74, 6) is 0.0254. The molecule has 1 atom stereocenters. The van der Waals surface area contributed by atoms with Crippen molar-refractivity contribution in [1.29, 1.82) is 0 Å². The molecule has 4 rings (SSSR count). The van der Waals surface area contributed by atoms with Gasteiger partial charge in [0.2, 0.25) is 5.91 Å². The summed E-state index contributed by atoms with van der Waals surface area (Å²) in [7, 11) is 0. The SMILES string of the molecule is C=CCNC(=O)C1(Cc2ccccc2-c2cccnc2)CN(C(=O)C2CCCCC2)CCO1. The third-order valence-corrected chi connectivity index (χ3v) is 6.74. The van der Waals surface area contributed by atoms with Gasteiger partial charge >= 0.3 is 0 Å². The van der Waals surface area contributed by atoms with Crippen LogP contribution in [0.4, 0.5) is 0 Å². The standard InChI is InChI=1S/C27H33N3O3/c1-2-14-29-26(32)27(18-22-11-6-7-13-24(22)23-12-8-15-28-19-23)20-30(16-17-33-27)25(31)21-9-4-3-5-10-21/h2,6-8,11-13,15,19,21H,1,3-5,9-10,14,16-18,20H2,(H,29,32). The molecular formula is C27H33N3O3. The number of rotatable bonds is 7. The molecule has 1 saturated carbocycles. The van der Waals surface area contributed by atoms with E-state index < -0.39 is 5.60 Å². The minimum Gasteiger partial charge on any atom is -0.361 e. The molecule has 1 unspecified atom stereocenters. The lowest BCUT2D eigenvalue weighted by Crippen LogP contribution is -2.62. The molecule has 1 aliphatic heterocycles. The maximum atomic E-state index is 13.4. The largest absolute Gasteiger partial charge is 0.361 e. The van der Waals surface area contributed by atoms with Gasteiger partial charge in [-0.05, 0) is 30.0 Å². The Morgan fingerprint density at radius 2 is 2.00 bits per heavy atom. The summed E-state index contributed by atoms with van der Waals surface area (Å²) in [6, 6.07) is 11.9. The molecule has 6 heteroatoms. The lowest BCUT2D eigenvalue weighted by atomic mass is 9.85. The van der Waals surface area contributed by atoms with Crippen LogP contribution in [0.25, 0.3) is 11.1 Å². The summed E-state index contributed by atoms with van der Waals surface area (Å²) in [4.78, 5) is 32.9. The van der Waals surface area contributed by atoms with Crippen LogP contribution in [-0.4, -0.2) is 53.5 Å².